The number of allylic oxidation sites excluding steroid dienone is 2. The Morgan fingerprint density at radius 1 is 1.17 bits per heavy atom. The van der Waals surface area contributed by atoms with Crippen LogP contribution >= 0.6 is 0 Å². The summed E-state index contributed by atoms with van der Waals surface area (Å²) < 4.78 is 10.3. The molecular weight excluding hydrogens is 388 g/mol. The van der Waals surface area contributed by atoms with Gasteiger partial charge in [0.2, 0.25) is 29.4 Å². The monoisotopic (exact) mass is 410 g/mol. The minimum atomic E-state index is -0.298. The van der Waals surface area contributed by atoms with E-state index in [1.54, 1.807) is 19.2 Å². The van der Waals surface area contributed by atoms with Crippen molar-refractivity contribution in [3.63, 3.8) is 0 Å². The van der Waals surface area contributed by atoms with Crippen molar-refractivity contribution >= 4 is 17.7 Å². The largest absolute Gasteiger partial charge is 0.497 e. The van der Waals surface area contributed by atoms with Crippen molar-refractivity contribution < 1.29 is 23.6 Å². The number of methoxy groups -OCH3 is 1. The summed E-state index contributed by atoms with van der Waals surface area (Å²) in [5, 5.41) is 6.59. The number of rotatable bonds is 7. The van der Waals surface area contributed by atoms with Crippen molar-refractivity contribution in [2.45, 2.75) is 25.8 Å². The molecule has 9 heteroatoms. The molecule has 30 heavy (non-hydrogen) atoms. The van der Waals surface area contributed by atoms with Crippen LogP contribution in [-0.4, -0.2) is 46.4 Å². The minimum Gasteiger partial charge on any atom is -0.497 e. The van der Waals surface area contributed by atoms with E-state index in [9.17, 15) is 14.4 Å². The number of hydrogen-bond donors (Lipinski definition) is 1. The Morgan fingerprint density at radius 3 is 2.47 bits per heavy atom. The average Bonchev–Trinajstić information content (AvgIpc) is 3.35. The van der Waals surface area contributed by atoms with E-state index in [0.717, 1.165) is 11.3 Å². The Kier molecular flexibility index (Phi) is 5.60. The minimum absolute atomic E-state index is 0.0316. The van der Waals surface area contributed by atoms with Gasteiger partial charge in [0.15, 0.2) is 0 Å². The van der Waals surface area contributed by atoms with Crippen LogP contribution in [0.2, 0.25) is 0 Å². The first kappa shape index (κ1) is 19.8. The van der Waals surface area contributed by atoms with Crippen LogP contribution in [0.5, 0.6) is 5.75 Å². The van der Waals surface area contributed by atoms with Crippen LogP contribution in [0.1, 0.15) is 25.2 Å². The SMILES string of the molecule is COc1ccc(-c2noc(CNC(=O)CCN3C(=O)[C@@H]4CC=CC[C@H]4C3=O)n2)cc1. The second-order valence-electron chi connectivity index (χ2n) is 7.25. The number of likely N-dealkylation sites (tertiary alicyclic amines) is 1. The van der Waals surface area contributed by atoms with Gasteiger partial charge in [-0.2, -0.15) is 4.98 Å². The van der Waals surface area contributed by atoms with Gasteiger partial charge in [-0.15, -0.1) is 0 Å². The molecule has 1 aliphatic carbocycles. The molecule has 1 saturated heterocycles. The third-order valence-electron chi connectivity index (χ3n) is 5.41. The lowest BCUT2D eigenvalue weighted by Gasteiger charge is -2.14. The first-order chi connectivity index (χ1) is 14.6. The molecule has 1 N–H and O–H groups in total. The smallest absolute Gasteiger partial charge is 0.246 e. The number of aromatic nitrogens is 2. The summed E-state index contributed by atoms with van der Waals surface area (Å²) in [5.41, 5.74) is 0.763. The lowest BCUT2D eigenvalue weighted by molar-refractivity contribution is -0.140. The summed E-state index contributed by atoms with van der Waals surface area (Å²) in [6.45, 7) is 0.149. The second-order valence-corrected chi connectivity index (χ2v) is 7.25. The lowest BCUT2D eigenvalue weighted by atomic mass is 9.85. The van der Waals surface area contributed by atoms with Crippen LogP contribution in [0.4, 0.5) is 0 Å². The molecule has 9 nitrogen and oxygen atoms in total. The number of imide groups is 1. The molecule has 0 radical (unpaired) electrons. The summed E-state index contributed by atoms with van der Waals surface area (Å²) >= 11 is 0. The number of benzene rings is 1. The normalized spacial score (nSPS) is 20.4. The Hall–Kier alpha value is -3.49. The lowest BCUT2D eigenvalue weighted by Crippen LogP contribution is -2.35. The van der Waals surface area contributed by atoms with E-state index in [1.807, 2.05) is 24.3 Å². The van der Waals surface area contributed by atoms with Gasteiger partial charge in [-0.3, -0.25) is 19.3 Å². The predicted molar refractivity (Wildman–Crippen MR) is 105 cm³/mol. The molecule has 1 fully saturated rings. The third kappa shape index (κ3) is 3.96. The molecule has 156 valence electrons. The van der Waals surface area contributed by atoms with Crippen molar-refractivity contribution in [3.8, 4) is 17.1 Å². The Labute approximate surface area is 173 Å². The number of ether oxygens (including phenoxy) is 1. The Bertz CT molecular complexity index is 956. The predicted octanol–water partition coefficient (Wildman–Crippen LogP) is 1.70. The highest BCUT2D eigenvalue weighted by Crippen LogP contribution is 2.35. The molecule has 4 rings (SSSR count). The van der Waals surface area contributed by atoms with Gasteiger partial charge in [0, 0.05) is 18.5 Å². The van der Waals surface area contributed by atoms with E-state index in [2.05, 4.69) is 15.5 Å². The van der Waals surface area contributed by atoms with E-state index in [4.69, 9.17) is 9.26 Å². The molecule has 0 spiro atoms. The maximum atomic E-state index is 12.4. The number of amides is 3. The number of hydrogen-bond acceptors (Lipinski definition) is 7. The van der Waals surface area contributed by atoms with Crippen LogP contribution in [0.3, 0.4) is 0 Å². The van der Waals surface area contributed by atoms with Gasteiger partial charge in [0.1, 0.15) is 5.75 Å². The van der Waals surface area contributed by atoms with Gasteiger partial charge in [-0.25, -0.2) is 0 Å². The van der Waals surface area contributed by atoms with Crippen molar-refractivity contribution in [3.05, 3.63) is 42.3 Å². The summed E-state index contributed by atoms with van der Waals surface area (Å²) in [7, 11) is 1.59. The molecule has 2 atom stereocenters. The third-order valence-corrected chi connectivity index (χ3v) is 5.41. The first-order valence-corrected chi connectivity index (χ1v) is 9.80. The Morgan fingerprint density at radius 2 is 1.83 bits per heavy atom. The maximum absolute atomic E-state index is 12.4. The average molecular weight is 410 g/mol. The molecule has 1 aromatic heterocycles. The van der Waals surface area contributed by atoms with Gasteiger partial charge in [0.25, 0.3) is 0 Å². The molecule has 0 bridgehead atoms. The molecule has 3 amide bonds. The zero-order valence-corrected chi connectivity index (χ0v) is 16.5. The Balaban J connectivity index is 1.27. The van der Waals surface area contributed by atoms with Crippen molar-refractivity contribution in [1.82, 2.24) is 20.4 Å². The summed E-state index contributed by atoms with van der Waals surface area (Å²) in [5.74, 6) is 0.186. The fraction of sp³-hybridized carbons (Fsp3) is 0.381. The molecule has 1 aliphatic heterocycles. The summed E-state index contributed by atoms with van der Waals surface area (Å²) in [6.07, 6.45) is 5.08. The van der Waals surface area contributed by atoms with E-state index in [0.29, 0.717) is 18.7 Å². The molecule has 2 aliphatic rings. The van der Waals surface area contributed by atoms with E-state index in [-0.39, 0.29) is 55.0 Å². The first-order valence-electron chi connectivity index (χ1n) is 9.80. The highest BCUT2D eigenvalue weighted by atomic mass is 16.5. The van der Waals surface area contributed by atoms with Gasteiger partial charge in [-0.05, 0) is 37.1 Å². The van der Waals surface area contributed by atoms with Gasteiger partial charge < -0.3 is 14.6 Å². The number of carbonyl (C=O) groups is 3. The highest BCUT2D eigenvalue weighted by Gasteiger charge is 2.46. The zero-order valence-electron chi connectivity index (χ0n) is 16.5. The quantitative estimate of drug-likeness (QED) is 0.546. The standard InChI is InChI=1S/C21H22N4O5/c1-29-14-8-6-13(7-9-14)19-23-18(30-24-19)12-22-17(26)10-11-25-20(27)15-4-2-3-5-16(15)21(25)28/h2-3,6-9,15-16H,4-5,10-12H2,1H3,(H,22,26)/t15-,16-/m1/s1. The molecule has 2 heterocycles. The van der Waals surface area contributed by atoms with Crippen LogP contribution in [-0.2, 0) is 20.9 Å². The number of nitrogens with zero attached hydrogens (tertiary/aromatic N) is 3. The second kappa shape index (κ2) is 8.48. The van der Waals surface area contributed by atoms with Crippen LogP contribution in [0.25, 0.3) is 11.4 Å². The zero-order chi connectivity index (χ0) is 21.1. The molecule has 0 saturated carbocycles. The summed E-state index contributed by atoms with van der Waals surface area (Å²) in [4.78, 5) is 42.5. The van der Waals surface area contributed by atoms with E-state index in [1.165, 1.54) is 4.90 Å². The van der Waals surface area contributed by atoms with Crippen molar-refractivity contribution in [1.29, 1.82) is 0 Å². The fourth-order valence-electron chi connectivity index (χ4n) is 3.75. The van der Waals surface area contributed by atoms with E-state index < -0.39 is 0 Å². The number of fused-ring (bicyclic) bond motifs is 1. The number of nitrogens with one attached hydrogen (secondary N) is 1. The summed E-state index contributed by atoms with van der Waals surface area (Å²) in [6, 6.07) is 7.20. The van der Waals surface area contributed by atoms with Gasteiger partial charge in [-0.1, -0.05) is 17.3 Å². The van der Waals surface area contributed by atoms with E-state index >= 15 is 0 Å². The molecule has 0 unspecified atom stereocenters. The highest BCUT2D eigenvalue weighted by molar-refractivity contribution is 6.05. The van der Waals surface area contributed by atoms with Crippen LogP contribution in [0.15, 0.2) is 40.9 Å². The van der Waals surface area contributed by atoms with Gasteiger partial charge >= 0.3 is 0 Å². The topological polar surface area (TPSA) is 115 Å². The van der Waals surface area contributed by atoms with Crippen molar-refractivity contribution in [2.75, 3.05) is 13.7 Å². The van der Waals surface area contributed by atoms with Crippen LogP contribution in [0, 0.1) is 11.8 Å². The number of carbonyl (C=O) groups excluding carboxylic acids is 3. The van der Waals surface area contributed by atoms with Crippen molar-refractivity contribution in [2.24, 2.45) is 11.8 Å². The fourth-order valence-corrected chi connectivity index (χ4v) is 3.75. The van der Waals surface area contributed by atoms with Crippen LogP contribution < -0.4 is 10.1 Å². The molecular formula is C21H22N4O5. The molecule has 1 aromatic carbocycles. The van der Waals surface area contributed by atoms with Gasteiger partial charge in [0.05, 0.1) is 25.5 Å². The molecule has 2 aromatic rings. The maximum Gasteiger partial charge on any atom is 0.246 e.